The maximum absolute atomic E-state index is 14.7. The number of aromatic nitrogens is 5. The summed E-state index contributed by atoms with van der Waals surface area (Å²) in [5.41, 5.74) is 9.30. The molecule has 0 saturated carbocycles. The van der Waals surface area contributed by atoms with E-state index in [1.165, 1.54) is 0 Å². The largest absolute Gasteiger partial charge is 0.366 e. The van der Waals surface area contributed by atoms with Crippen LogP contribution >= 0.6 is 0 Å². The Morgan fingerprint density at radius 1 is 1.27 bits per heavy atom. The number of nitrogens with one attached hydrogen (secondary N) is 1. The normalized spacial score (nSPS) is 11.1. The molecular formula is C21H20FN7O. The number of rotatable bonds is 5. The lowest BCUT2D eigenvalue weighted by atomic mass is 10.0. The van der Waals surface area contributed by atoms with E-state index in [1.807, 2.05) is 27.0 Å². The highest BCUT2D eigenvalue weighted by Gasteiger charge is 2.16. The van der Waals surface area contributed by atoms with Gasteiger partial charge in [0.25, 0.3) is 0 Å². The molecule has 3 heterocycles. The zero-order chi connectivity index (χ0) is 21.6. The summed E-state index contributed by atoms with van der Waals surface area (Å²) < 4.78 is 18.0. The van der Waals surface area contributed by atoms with Crippen LogP contribution in [0.5, 0.6) is 0 Å². The average molecular weight is 405 g/mol. The van der Waals surface area contributed by atoms with Crippen molar-refractivity contribution >= 4 is 34.0 Å². The van der Waals surface area contributed by atoms with Gasteiger partial charge in [-0.25, -0.2) is 9.37 Å². The summed E-state index contributed by atoms with van der Waals surface area (Å²) in [6.07, 6.45) is 4.71. The fourth-order valence-electron chi connectivity index (χ4n) is 3.33. The molecule has 1 aromatic carbocycles. The zero-order valence-electron chi connectivity index (χ0n) is 16.8. The molecular weight excluding hydrogens is 385 g/mol. The van der Waals surface area contributed by atoms with E-state index >= 15 is 0 Å². The molecule has 4 aromatic rings. The SMILES string of the molecule is C=C(C(N)=O)c1ccc2c(c1)c(C)cn2-c1nc(Nc2cn(C)nc2C)ncc1F. The molecule has 0 saturated heterocycles. The number of nitrogens with zero attached hydrogens (tertiary/aromatic N) is 5. The lowest BCUT2D eigenvalue weighted by Crippen LogP contribution is -2.11. The first-order valence-corrected chi connectivity index (χ1v) is 9.15. The third kappa shape index (κ3) is 3.30. The quantitative estimate of drug-likeness (QED) is 0.497. The smallest absolute Gasteiger partial charge is 0.248 e. The minimum Gasteiger partial charge on any atom is -0.366 e. The second-order valence-corrected chi connectivity index (χ2v) is 7.05. The standard InChI is InChI=1S/C21H20FN7O/c1-11-9-29(18-6-5-14(7-15(11)18)12(2)19(23)30)20-16(22)8-24-21(26-20)25-17-10-28(4)27-13(17)3/h5-10H,2H2,1,3-4H3,(H2,23,30)(H,24,25,26). The van der Waals surface area contributed by atoms with Crippen LogP contribution in [0.15, 0.2) is 43.4 Å². The highest BCUT2D eigenvalue weighted by molar-refractivity contribution is 6.18. The van der Waals surface area contributed by atoms with Crippen molar-refractivity contribution in [3.8, 4) is 5.82 Å². The van der Waals surface area contributed by atoms with Gasteiger partial charge in [-0.2, -0.15) is 10.1 Å². The molecule has 0 aliphatic rings. The zero-order valence-corrected chi connectivity index (χ0v) is 16.8. The van der Waals surface area contributed by atoms with Gasteiger partial charge in [0.2, 0.25) is 11.9 Å². The predicted octanol–water partition coefficient (Wildman–Crippen LogP) is 3.15. The van der Waals surface area contributed by atoms with E-state index in [1.54, 1.807) is 33.8 Å². The molecule has 0 spiro atoms. The van der Waals surface area contributed by atoms with Crippen molar-refractivity contribution in [3.63, 3.8) is 0 Å². The van der Waals surface area contributed by atoms with Crippen molar-refractivity contribution in [3.05, 3.63) is 66.0 Å². The van der Waals surface area contributed by atoms with E-state index in [2.05, 4.69) is 27.0 Å². The van der Waals surface area contributed by atoms with Crippen LogP contribution in [0.2, 0.25) is 0 Å². The highest BCUT2D eigenvalue weighted by atomic mass is 19.1. The van der Waals surface area contributed by atoms with Crippen LogP contribution in [0.3, 0.4) is 0 Å². The molecule has 0 fully saturated rings. The Morgan fingerprint density at radius 3 is 2.70 bits per heavy atom. The number of carbonyl (C=O) groups is 1. The Bertz CT molecular complexity index is 1320. The molecule has 0 aliphatic heterocycles. The van der Waals surface area contributed by atoms with Crippen molar-refractivity contribution in [2.45, 2.75) is 13.8 Å². The maximum Gasteiger partial charge on any atom is 0.248 e. The first-order chi connectivity index (χ1) is 14.2. The van der Waals surface area contributed by atoms with Gasteiger partial charge in [0.1, 0.15) is 0 Å². The molecule has 3 N–H and O–H groups in total. The van der Waals surface area contributed by atoms with Gasteiger partial charge in [0.15, 0.2) is 11.6 Å². The number of aryl methyl sites for hydroxylation is 3. The molecule has 0 bridgehead atoms. The van der Waals surface area contributed by atoms with E-state index in [9.17, 15) is 9.18 Å². The molecule has 1 amide bonds. The fraction of sp³-hybridized carbons (Fsp3) is 0.143. The molecule has 3 aromatic heterocycles. The van der Waals surface area contributed by atoms with Gasteiger partial charge in [-0.3, -0.25) is 14.0 Å². The second kappa shape index (κ2) is 7.11. The summed E-state index contributed by atoms with van der Waals surface area (Å²) in [5.74, 6) is -0.796. The van der Waals surface area contributed by atoms with Crippen LogP contribution in [0.25, 0.3) is 22.3 Å². The van der Waals surface area contributed by atoms with Gasteiger partial charge in [0.05, 0.1) is 23.1 Å². The van der Waals surface area contributed by atoms with E-state index in [0.29, 0.717) is 5.56 Å². The van der Waals surface area contributed by atoms with E-state index < -0.39 is 11.7 Å². The minimum absolute atomic E-state index is 0.105. The first-order valence-electron chi connectivity index (χ1n) is 9.15. The van der Waals surface area contributed by atoms with Gasteiger partial charge >= 0.3 is 0 Å². The third-order valence-corrected chi connectivity index (χ3v) is 4.86. The van der Waals surface area contributed by atoms with E-state index in [-0.39, 0.29) is 17.3 Å². The van der Waals surface area contributed by atoms with E-state index in [4.69, 9.17) is 5.73 Å². The molecule has 8 nitrogen and oxygen atoms in total. The summed E-state index contributed by atoms with van der Waals surface area (Å²) in [6.45, 7) is 7.47. The number of amides is 1. The van der Waals surface area contributed by atoms with Crippen LogP contribution in [0.4, 0.5) is 16.0 Å². The van der Waals surface area contributed by atoms with Gasteiger partial charge in [-0.05, 0) is 37.1 Å². The molecule has 0 atom stereocenters. The highest BCUT2D eigenvalue weighted by Crippen LogP contribution is 2.28. The van der Waals surface area contributed by atoms with Crippen molar-refractivity contribution in [1.29, 1.82) is 0 Å². The van der Waals surface area contributed by atoms with Crippen LogP contribution < -0.4 is 11.1 Å². The van der Waals surface area contributed by atoms with E-state index in [0.717, 1.165) is 34.0 Å². The Hall–Kier alpha value is -4.01. The third-order valence-electron chi connectivity index (χ3n) is 4.86. The molecule has 0 aliphatic carbocycles. The minimum atomic E-state index is -0.588. The van der Waals surface area contributed by atoms with Crippen LogP contribution in [0.1, 0.15) is 16.8 Å². The first kappa shape index (κ1) is 19.3. The second-order valence-electron chi connectivity index (χ2n) is 7.05. The molecule has 0 radical (unpaired) electrons. The Kier molecular flexibility index (Phi) is 4.57. The predicted molar refractivity (Wildman–Crippen MR) is 113 cm³/mol. The molecule has 4 rings (SSSR count). The molecule has 30 heavy (non-hydrogen) atoms. The fourth-order valence-corrected chi connectivity index (χ4v) is 3.33. The van der Waals surface area contributed by atoms with Crippen LogP contribution in [0, 0.1) is 19.7 Å². The van der Waals surface area contributed by atoms with Crippen molar-refractivity contribution < 1.29 is 9.18 Å². The summed E-state index contributed by atoms with van der Waals surface area (Å²) in [5, 5.41) is 8.18. The Morgan fingerprint density at radius 2 is 2.03 bits per heavy atom. The number of hydrogen-bond acceptors (Lipinski definition) is 5. The van der Waals surface area contributed by atoms with Crippen LogP contribution in [-0.4, -0.2) is 30.2 Å². The molecule has 9 heteroatoms. The lowest BCUT2D eigenvalue weighted by molar-refractivity contribution is -0.112. The summed E-state index contributed by atoms with van der Waals surface area (Å²) >= 11 is 0. The number of benzene rings is 1. The molecule has 152 valence electrons. The average Bonchev–Trinajstić information content (AvgIpc) is 3.20. The van der Waals surface area contributed by atoms with Crippen LogP contribution in [-0.2, 0) is 11.8 Å². The number of hydrogen-bond donors (Lipinski definition) is 2. The summed E-state index contributed by atoms with van der Waals surface area (Å²) in [6, 6.07) is 5.32. The summed E-state index contributed by atoms with van der Waals surface area (Å²) in [4.78, 5) is 19.9. The van der Waals surface area contributed by atoms with Gasteiger partial charge in [-0.1, -0.05) is 12.6 Å². The van der Waals surface area contributed by atoms with Crippen molar-refractivity contribution in [2.24, 2.45) is 12.8 Å². The number of carbonyl (C=O) groups excluding carboxylic acids is 1. The Labute approximate surface area is 171 Å². The van der Waals surface area contributed by atoms with Gasteiger partial charge in [0, 0.05) is 30.4 Å². The van der Waals surface area contributed by atoms with Crippen molar-refractivity contribution in [2.75, 3.05) is 5.32 Å². The number of anilines is 2. The molecule has 0 unspecified atom stereocenters. The monoisotopic (exact) mass is 405 g/mol. The number of primary amides is 1. The van der Waals surface area contributed by atoms with Gasteiger partial charge < -0.3 is 11.1 Å². The maximum atomic E-state index is 14.7. The Balaban J connectivity index is 1.79. The summed E-state index contributed by atoms with van der Waals surface area (Å²) in [7, 11) is 1.81. The number of fused-ring (bicyclic) bond motifs is 1. The lowest BCUT2D eigenvalue weighted by Gasteiger charge is -2.09. The number of nitrogens with two attached hydrogens (primary N) is 1. The number of halogens is 1. The van der Waals surface area contributed by atoms with Crippen molar-refractivity contribution in [1.82, 2.24) is 24.3 Å². The topological polar surface area (TPSA) is 104 Å². The van der Waals surface area contributed by atoms with Gasteiger partial charge in [-0.15, -0.1) is 0 Å².